The van der Waals surface area contributed by atoms with E-state index in [0.717, 1.165) is 0 Å². The molecule has 8 nitrogen and oxygen atoms in total. The summed E-state index contributed by atoms with van der Waals surface area (Å²) in [6.45, 7) is 0. The van der Waals surface area contributed by atoms with Gasteiger partial charge in [-0.3, -0.25) is 24.1 Å². The van der Waals surface area contributed by atoms with E-state index in [1.54, 1.807) is 30.5 Å². The maximum absolute atomic E-state index is 12.9. The average Bonchev–Trinajstić information content (AvgIpc) is 2.61. The molecule has 4 rings (SSSR count). The van der Waals surface area contributed by atoms with Gasteiger partial charge < -0.3 is 4.74 Å². The summed E-state index contributed by atoms with van der Waals surface area (Å²) in [6.07, 6.45) is 1.50. The van der Waals surface area contributed by atoms with Crippen LogP contribution in [0.15, 0.2) is 53.5 Å². The molecule has 0 saturated carbocycles. The summed E-state index contributed by atoms with van der Waals surface area (Å²) in [5.74, 6) is -1.21. The molecule has 124 valence electrons. The zero-order valence-corrected chi connectivity index (χ0v) is 12.8. The van der Waals surface area contributed by atoms with E-state index in [2.05, 4.69) is 4.98 Å². The smallest absolute Gasteiger partial charge is 0.313 e. The molecule has 8 heteroatoms. The second-order valence-corrected chi connectivity index (χ2v) is 5.65. The van der Waals surface area contributed by atoms with Crippen molar-refractivity contribution in [1.82, 2.24) is 9.38 Å². The topological polar surface area (TPSA) is 104 Å². The van der Waals surface area contributed by atoms with Gasteiger partial charge in [0, 0.05) is 24.2 Å². The van der Waals surface area contributed by atoms with Crippen molar-refractivity contribution in [3.05, 3.63) is 80.3 Å². The Labute approximate surface area is 140 Å². The first-order valence-corrected chi connectivity index (χ1v) is 7.51. The fourth-order valence-electron chi connectivity index (χ4n) is 3.02. The summed E-state index contributed by atoms with van der Waals surface area (Å²) in [7, 11) is 0. The van der Waals surface area contributed by atoms with Crippen molar-refractivity contribution in [2.45, 2.75) is 12.3 Å². The van der Waals surface area contributed by atoms with E-state index in [1.165, 1.54) is 22.6 Å². The minimum Gasteiger partial charge on any atom is -0.407 e. The van der Waals surface area contributed by atoms with Gasteiger partial charge in [0.2, 0.25) is 5.88 Å². The van der Waals surface area contributed by atoms with Crippen LogP contribution in [0.1, 0.15) is 23.5 Å². The Morgan fingerprint density at radius 2 is 2.04 bits per heavy atom. The van der Waals surface area contributed by atoms with Gasteiger partial charge in [-0.2, -0.15) is 4.98 Å². The van der Waals surface area contributed by atoms with Gasteiger partial charge in [0.25, 0.3) is 11.2 Å². The molecule has 1 aliphatic heterocycles. The summed E-state index contributed by atoms with van der Waals surface area (Å²) in [4.78, 5) is 39.6. The molecule has 0 N–H and O–H groups in total. The van der Waals surface area contributed by atoms with Crippen LogP contribution in [0, 0.1) is 10.1 Å². The molecule has 0 saturated heterocycles. The molecule has 0 spiro atoms. The van der Waals surface area contributed by atoms with Gasteiger partial charge in [-0.15, -0.1) is 0 Å². The number of nitro benzene ring substituents is 1. The molecule has 1 aliphatic rings. The lowest BCUT2D eigenvalue weighted by Gasteiger charge is -2.23. The van der Waals surface area contributed by atoms with Crippen molar-refractivity contribution < 1.29 is 14.5 Å². The molecule has 0 fully saturated rings. The Morgan fingerprint density at radius 1 is 1.20 bits per heavy atom. The number of nitro groups is 1. The number of fused-ring (bicyclic) bond motifs is 2. The van der Waals surface area contributed by atoms with Gasteiger partial charge in [0.05, 0.1) is 16.9 Å². The first-order valence-electron chi connectivity index (χ1n) is 7.51. The van der Waals surface area contributed by atoms with E-state index in [-0.39, 0.29) is 29.1 Å². The highest BCUT2D eigenvalue weighted by atomic mass is 16.6. The van der Waals surface area contributed by atoms with E-state index in [4.69, 9.17) is 4.74 Å². The van der Waals surface area contributed by atoms with Gasteiger partial charge in [-0.05, 0) is 17.7 Å². The number of esters is 1. The Balaban J connectivity index is 1.97. The van der Waals surface area contributed by atoms with E-state index >= 15 is 0 Å². The number of carbonyl (C=O) groups excluding carboxylic acids is 1. The van der Waals surface area contributed by atoms with Gasteiger partial charge in [-0.1, -0.05) is 18.2 Å². The third kappa shape index (κ3) is 2.44. The van der Waals surface area contributed by atoms with Crippen LogP contribution in [-0.2, 0) is 4.79 Å². The quantitative estimate of drug-likeness (QED) is 0.403. The zero-order valence-electron chi connectivity index (χ0n) is 12.8. The third-order valence-corrected chi connectivity index (χ3v) is 4.15. The Kier molecular flexibility index (Phi) is 3.31. The predicted molar refractivity (Wildman–Crippen MR) is 86.7 cm³/mol. The monoisotopic (exact) mass is 337 g/mol. The Bertz CT molecular complexity index is 1090. The molecule has 1 atom stereocenters. The van der Waals surface area contributed by atoms with Crippen molar-refractivity contribution in [1.29, 1.82) is 0 Å². The molecule has 1 unspecified atom stereocenters. The second-order valence-electron chi connectivity index (χ2n) is 5.65. The molecule has 0 radical (unpaired) electrons. The lowest BCUT2D eigenvalue weighted by atomic mass is 9.88. The van der Waals surface area contributed by atoms with Crippen molar-refractivity contribution in [3.8, 4) is 5.88 Å². The normalized spacial score (nSPS) is 16.3. The van der Waals surface area contributed by atoms with Crippen LogP contribution in [0.2, 0.25) is 0 Å². The first kappa shape index (κ1) is 15.0. The molecule has 3 aromatic rings. The van der Waals surface area contributed by atoms with Crippen LogP contribution < -0.4 is 10.3 Å². The highest BCUT2D eigenvalue weighted by molar-refractivity contribution is 5.77. The largest absolute Gasteiger partial charge is 0.407 e. The molecular weight excluding hydrogens is 326 g/mol. The van der Waals surface area contributed by atoms with Crippen molar-refractivity contribution in [2.75, 3.05) is 0 Å². The molecule has 3 heterocycles. The van der Waals surface area contributed by atoms with Crippen LogP contribution >= 0.6 is 0 Å². The summed E-state index contributed by atoms with van der Waals surface area (Å²) in [5.41, 5.74) is 0.626. The van der Waals surface area contributed by atoms with Crippen LogP contribution in [0.4, 0.5) is 5.69 Å². The number of hydrogen-bond acceptors (Lipinski definition) is 6. The van der Waals surface area contributed by atoms with Crippen LogP contribution in [0.3, 0.4) is 0 Å². The molecule has 0 aliphatic carbocycles. The lowest BCUT2D eigenvalue weighted by molar-refractivity contribution is -0.384. The van der Waals surface area contributed by atoms with Crippen LogP contribution in [0.5, 0.6) is 5.88 Å². The predicted octanol–water partition coefficient (Wildman–Crippen LogP) is 2.04. The number of non-ortho nitro benzene ring substituents is 1. The number of rotatable bonds is 2. The number of aromatic nitrogens is 2. The van der Waals surface area contributed by atoms with Crippen molar-refractivity contribution in [3.63, 3.8) is 0 Å². The highest BCUT2D eigenvalue weighted by Gasteiger charge is 2.33. The average molecular weight is 337 g/mol. The standard InChI is InChI=1S/C17H11N3O5/c21-14-9-12(10-4-3-5-11(8-10)20(23)24)15-16(25-14)18-13-6-1-2-7-19(13)17(15)22/h1-8,12H,9H2. The molecule has 1 aromatic carbocycles. The number of nitrogens with zero attached hydrogens (tertiary/aromatic N) is 3. The summed E-state index contributed by atoms with van der Waals surface area (Å²) < 4.78 is 6.52. The molecule has 0 amide bonds. The molecule has 0 bridgehead atoms. The Hall–Kier alpha value is -3.55. The number of ether oxygens (including phenoxy) is 1. The first-order chi connectivity index (χ1) is 12.0. The van der Waals surface area contributed by atoms with Crippen LogP contribution in [0.25, 0.3) is 5.65 Å². The van der Waals surface area contributed by atoms with Crippen molar-refractivity contribution in [2.24, 2.45) is 0 Å². The SMILES string of the molecule is O=C1CC(c2cccc([N+](=O)[O-])c2)c2c(nc3ccccn3c2=O)O1. The van der Waals surface area contributed by atoms with E-state index < -0.39 is 16.8 Å². The third-order valence-electron chi connectivity index (χ3n) is 4.15. The minimum absolute atomic E-state index is 0.0380. The fourth-order valence-corrected chi connectivity index (χ4v) is 3.02. The van der Waals surface area contributed by atoms with E-state index in [0.29, 0.717) is 11.2 Å². The number of hydrogen-bond donors (Lipinski definition) is 0. The zero-order chi connectivity index (χ0) is 17.6. The second kappa shape index (κ2) is 5.52. The highest BCUT2D eigenvalue weighted by Crippen LogP contribution is 2.36. The maximum atomic E-state index is 12.9. The summed E-state index contributed by atoms with van der Waals surface area (Å²) in [6, 6.07) is 10.9. The van der Waals surface area contributed by atoms with Gasteiger partial charge in [-0.25, -0.2) is 0 Å². The van der Waals surface area contributed by atoms with E-state index in [1.807, 2.05) is 0 Å². The molecular formula is C17H11N3O5. The maximum Gasteiger partial charge on any atom is 0.313 e. The molecule has 25 heavy (non-hydrogen) atoms. The van der Waals surface area contributed by atoms with Crippen LogP contribution in [-0.4, -0.2) is 20.3 Å². The van der Waals surface area contributed by atoms with Crippen molar-refractivity contribution >= 4 is 17.3 Å². The summed E-state index contributed by atoms with van der Waals surface area (Å²) >= 11 is 0. The van der Waals surface area contributed by atoms with Gasteiger partial charge in [0.15, 0.2) is 0 Å². The number of benzene rings is 1. The molecule has 2 aromatic heterocycles. The number of pyridine rings is 1. The minimum atomic E-state index is -0.645. The Morgan fingerprint density at radius 3 is 2.84 bits per heavy atom. The summed E-state index contributed by atoms with van der Waals surface area (Å²) in [5, 5.41) is 11.0. The van der Waals surface area contributed by atoms with Gasteiger partial charge in [0.1, 0.15) is 5.65 Å². The van der Waals surface area contributed by atoms with Gasteiger partial charge >= 0.3 is 5.97 Å². The number of carbonyl (C=O) groups is 1. The lowest BCUT2D eigenvalue weighted by Crippen LogP contribution is -2.31. The fraction of sp³-hybridized carbons (Fsp3) is 0.118. The van der Waals surface area contributed by atoms with E-state index in [9.17, 15) is 19.7 Å².